The lowest BCUT2D eigenvalue weighted by Gasteiger charge is -2.36. The fourth-order valence-electron chi connectivity index (χ4n) is 7.26. The van der Waals surface area contributed by atoms with Crippen molar-refractivity contribution in [2.75, 3.05) is 53.5 Å². The maximum Gasteiger partial charge on any atom is 0.164 e. The molecule has 1 N–H and O–H groups in total. The summed E-state index contributed by atoms with van der Waals surface area (Å²) in [5, 5.41) is 0. The highest BCUT2D eigenvalue weighted by molar-refractivity contribution is 5.51. The molecule has 0 radical (unpaired) electrons. The van der Waals surface area contributed by atoms with Crippen LogP contribution in [0.5, 0.6) is 11.5 Å². The standard InChI is InChI=1S/C36H52N4O2/c1-5-28(34-27(2)37-36(38-34)30-15-10-7-11-16-30)19-21-39-23-25-40(26-24-39)22-20-31(29-13-8-6-9-14-29)32-17-12-18-33(41-3)35(32)42-4/h6,8-9,12-14,17-18,28,30-31H,5,7,10-11,15-16,19-26H2,1-4H3,(H,37,38). The first-order valence-electron chi connectivity index (χ1n) is 16.4. The Labute approximate surface area is 253 Å². The minimum absolute atomic E-state index is 0.259. The van der Waals surface area contributed by atoms with E-state index in [1.807, 2.05) is 6.07 Å². The van der Waals surface area contributed by atoms with E-state index in [-0.39, 0.29) is 5.92 Å². The number of nitrogens with one attached hydrogen (secondary N) is 1. The lowest BCUT2D eigenvalue weighted by Crippen LogP contribution is -2.47. The van der Waals surface area contributed by atoms with Crippen molar-refractivity contribution in [1.29, 1.82) is 0 Å². The SMILES string of the molecule is CCC(CCN1CCN(CCC(c2ccccc2)c2cccc(OC)c2OC)CC1)c1nc(C2CCCCC2)[nH]c1C. The summed E-state index contributed by atoms with van der Waals surface area (Å²) < 4.78 is 11.5. The van der Waals surface area contributed by atoms with E-state index in [0.29, 0.717) is 11.8 Å². The first-order chi connectivity index (χ1) is 20.6. The Balaban J connectivity index is 1.15. The smallest absolute Gasteiger partial charge is 0.164 e. The summed E-state index contributed by atoms with van der Waals surface area (Å²) in [5.74, 6) is 4.35. The maximum atomic E-state index is 5.85. The molecule has 2 aromatic carbocycles. The summed E-state index contributed by atoms with van der Waals surface area (Å²) in [6, 6.07) is 17.1. The van der Waals surface area contributed by atoms with Crippen molar-refractivity contribution in [2.45, 2.75) is 83.0 Å². The van der Waals surface area contributed by atoms with Crippen molar-refractivity contribution >= 4 is 0 Å². The van der Waals surface area contributed by atoms with Gasteiger partial charge in [0.2, 0.25) is 0 Å². The predicted molar refractivity (Wildman–Crippen MR) is 172 cm³/mol. The number of imidazole rings is 1. The number of hydrogen-bond acceptors (Lipinski definition) is 5. The number of rotatable bonds is 13. The van der Waals surface area contributed by atoms with Gasteiger partial charge in [0.1, 0.15) is 5.82 Å². The topological polar surface area (TPSA) is 53.6 Å². The number of aryl methyl sites for hydroxylation is 1. The van der Waals surface area contributed by atoms with Crippen molar-refractivity contribution in [2.24, 2.45) is 0 Å². The summed E-state index contributed by atoms with van der Waals surface area (Å²) >= 11 is 0. The second-order valence-corrected chi connectivity index (χ2v) is 12.4. The molecule has 6 heteroatoms. The van der Waals surface area contributed by atoms with E-state index in [1.165, 1.54) is 66.9 Å². The van der Waals surface area contributed by atoms with Gasteiger partial charge >= 0.3 is 0 Å². The van der Waals surface area contributed by atoms with Crippen LogP contribution in [-0.2, 0) is 0 Å². The highest BCUT2D eigenvalue weighted by Gasteiger charge is 2.26. The van der Waals surface area contributed by atoms with Crippen LogP contribution in [-0.4, -0.2) is 73.3 Å². The number of piperazine rings is 1. The third-order valence-electron chi connectivity index (χ3n) is 9.82. The summed E-state index contributed by atoms with van der Waals surface area (Å²) in [7, 11) is 3.46. The van der Waals surface area contributed by atoms with Gasteiger partial charge in [-0.25, -0.2) is 4.98 Å². The molecule has 5 rings (SSSR count). The summed E-state index contributed by atoms with van der Waals surface area (Å²) in [5.41, 5.74) is 5.16. The Morgan fingerprint density at radius 3 is 2.19 bits per heavy atom. The average Bonchev–Trinajstić information content (AvgIpc) is 3.44. The number of benzene rings is 2. The predicted octanol–water partition coefficient (Wildman–Crippen LogP) is 7.51. The molecular weight excluding hydrogens is 520 g/mol. The van der Waals surface area contributed by atoms with E-state index in [9.17, 15) is 0 Å². The molecule has 1 aliphatic carbocycles. The van der Waals surface area contributed by atoms with Gasteiger partial charge in [0.05, 0.1) is 19.9 Å². The van der Waals surface area contributed by atoms with Gasteiger partial charge in [-0.3, -0.25) is 0 Å². The molecule has 1 aliphatic heterocycles. The van der Waals surface area contributed by atoms with Crippen molar-refractivity contribution in [3.63, 3.8) is 0 Å². The van der Waals surface area contributed by atoms with Gasteiger partial charge in [-0.2, -0.15) is 0 Å². The van der Waals surface area contributed by atoms with Gasteiger partial charge in [-0.15, -0.1) is 0 Å². The second kappa shape index (κ2) is 15.1. The molecule has 3 aromatic rings. The van der Waals surface area contributed by atoms with Crippen LogP contribution < -0.4 is 9.47 Å². The summed E-state index contributed by atoms with van der Waals surface area (Å²) in [4.78, 5) is 14.2. The van der Waals surface area contributed by atoms with Crippen molar-refractivity contribution < 1.29 is 9.47 Å². The molecule has 2 fully saturated rings. The quantitative estimate of drug-likeness (QED) is 0.230. The Morgan fingerprint density at radius 2 is 1.55 bits per heavy atom. The molecular formula is C36H52N4O2. The molecule has 1 saturated heterocycles. The Bertz CT molecular complexity index is 1230. The van der Waals surface area contributed by atoms with Crippen LogP contribution in [0.3, 0.4) is 0 Å². The highest BCUT2D eigenvalue weighted by atomic mass is 16.5. The minimum atomic E-state index is 0.259. The fraction of sp³-hybridized carbons (Fsp3) is 0.583. The third kappa shape index (κ3) is 7.38. The normalized spacial score (nSPS) is 18.6. The van der Waals surface area contributed by atoms with Gasteiger partial charge in [0, 0.05) is 55.2 Å². The monoisotopic (exact) mass is 572 g/mol. The number of ether oxygens (including phenoxy) is 2. The van der Waals surface area contributed by atoms with Crippen molar-refractivity contribution in [3.8, 4) is 11.5 Å². The molecule has 2 atom stereocenters. The Kier molecular flexibility index (Phi) is 11.0. The van der Waals surface area contributed by atoms with E-state index < -0.39 is 0 Å². The van der Waals surface area contributed by atoms with Crippen LogP contribution in [0.15, 0.2) is 48.5 Å². The first kappa shape index (κ1) is 30.6. The van der Waals surface area contributed by atoms with E-state index in [0.717, 1.165) is 63.6 Å². The zero-order valence-electron chi connectivity index (χ0n) is 26.4. The zero-order valence-corrected chi connectivity index (χ0v) is 26.4. The molecule has 42 heavy (non-hydrogen) atoms. The molecule has 0 amide bonds. The Hall–Kier alpha value is -2.83. The molecule has 6 nitrogen and oxygen atoms in total. The van der Waals surface area contributed by atoms with Gasteiger partial charge in [0.25, 0.3) is 0 Å². The van der Waals surface area contributed by atoms with Crippen LogP contribution in [0.2, 0.25) is 0 Å². The molecule has 2 heterocycles. The van der Waals surface area contributed by atoms with Crippen LogP contribution in [0, 0.1) is 6.92 Å². The van der Waals surface area contributed by atoms with E-state index >= 15 is 0 Å². The van der Waals surface area contributed by atoms with E-state index in [1.54, 1.807) is 14.2 Å². The number of H-pyrrole nitrogens is 1. The van der Waals surface area contributed by atoms with Gasteiger partial charge in [-0.1, -0.05) is 68.7 Å². The third-order valence-corrected chi connectivity index (χ3v) is 9.82. The molecule has 228 valence electrons. The Morgan fingerprint density at radius 1 is 0.857 bits per heavy atom. The van der Waals surface area contributed by atoms with Gasteiger partial charge < -0.3 is 24.3 Å². The highest BCUT2D eigenvalue weighted by Crippen LogP contribution is 2.40. The first-order valence-corrected chi connectivity index (χ1v) is 16.4. The number of para-hydroxylation sites is 1. The van der Waals surface area contributed by atoms with Crippen molar-refractivity contribution in [1.82, 2.24) is 19.8 Å². The minimum Gasteiger partial charge on any atom is -0.493 e. The average molecular weight is 573 g/mol. The van der Waals surface area contributed by atoms with E-state index in [2.05, 4.69) is 71.1 Å². The molecule has 2 unspecified atom stereocenters. The molecule has 2 aliphatic rings. The van der Waals surface area contributed by atoms with Gasteiger partial charge in [-0.05, 0) is 63.7 Å². The van der Waals surface area contributed by atoms with Crippen LogP contribution in [0.4, 0.5) is 0 Å². The van der Waals surface area contributed by atoms with Gasteiger partial charge in [0.15, 0.2) is 11.5 Å². The van der Waals surface area contributed by atoms with Crippen LogP contribution in [0.25, 0.3) is 0 Å². The number of aromatic amines is 1. The second-order valence-electron chi connectivity index (χ2n) is 12.4. The molecule has 1 aromatic heterocycles. The number of hydrogen-bond donors (Lipinski definition) is 1. The lowest BCUT2D eigenvalue weighted by molar-refractivity contribution is 0.127. The summed E-state index contributed by atoms with van der Waals surface area (Å²) in [6.07, 6.45) is 10.1. The number of methoxy groups -OCH3 is 2. The van der Waals surface area contributed by atoms with E-state index in [4.69, 9.17) is 14.5 Å². The largest absolute Gasteiger partial charge is 0.493 e. The number of aromatic nitrogens is 2. The molecule has 1 saturated carbocycles. The molecule has 0 bridgehead atoms. The fourth-order valence-corrected chi connectivity index (χ4v) is 7.26. The molecule has 0 spiro atoms. The summed E-state index contributed by atoms with van der Waals surface area (Å²) in [6.45, 7) is 11.3. The zero-order chi connectivity index (χ0) is 29.3. The van der Waals surface area contributed by atoms with Crippen molar-refractivity contribution in [3.05, 3.63) is 76.9 Å². The van der Waals surface area contributed by atoms with Crippen LogP contribution in [0.1, 0.15) is 104 Å². The van der Waals surface area contributed by atoms with Crippen LogP contribution >= 0.6 is 0 Å². The lowest BCUT2D eigenvalue weighted by atomic mass is 9.87. The maximum absolute atomic E-state index is 5.85. The number of nitrogens with zero attached hydrogens (tertiary/aromatic N) is 3.